The van der Waals surface area contributed by atoms with Crippen molar-refractivity contribution in [2.75, 3.05) is 5.32 Å². The van der Waals surface area contributed by atoms with E-state index in [0.29, 0.717) is 5.69 Å². The van der Waals surface area contributed by atoms with E-state index in [1.54, 1.807) is 6.20 Å². The highest BCUT2D eigenvalue weighted by atomic mass is 16.5. The monoisotopic (exact) mass is 359 g/mol. The van der Waals surface area contributed by atoms with Crippen LogP contribution in [0.15, 0.2) is 60.8 Å². The maximum absolute atomic E-state index is 12.8. The van der Waals surface area contributed by atoms with Crippen LogP contribution in [0, 0.1) is 0 Å². The summed E-state index contributed by atoms with van der Waals surface area (Å²) in [6.07, 6.45) is 5.83. The molecule has 2 aliphatic rings. The molecule has 2 amide bonds. The van der Waals surface area contributed by atoms with E-state index in [9.17, 15) is 4.79 Å². The first-order valence-corrected chi connectivity index (χ1v) is 9.42. The number of carbonyl (C=O) groups is 1. The molecule has 2 N–H and O–H groups in total. The molecule has 5 rings (SSSR count). The molecule has 2 heterocycles. The number of ether oxygens (including phenoxy) is 1. The van der Waals surface area contributed by atoms with Crippen LogP contribution in [-0.4, -0.2) is 16.6 Å². The van der Waals surface area contributed by atoms with E-state index >= 15 is 0 Å². The van der Waals surface area contributed by atoms with Gasteiger partial charge >= 0.3 is 6.03 Å². The van der Waals surface area contributed by atoms with Gasteiger partial charge in [-0.15, -0.1) is 0 Å². The standard InChI is InChI=1S/C22H21N3O2/c26-21(24-17-9-3-6-15-7-4-13-23-20(15)17)25-18-14-22(11-5-12-22)27-19-10-2-1-8-16(18)19/h1-4,6-10,13,18H,5,11-12,14H2,(H2,24,25,26). The van der Waals surface area contributed by atoms with Gasteiger partial charge in [-0.2, -0.15) is 0 Å². The summed E-state index contributed by atoms with van der Waals surface area (Å²) in [6, 6.07) is 17.4. The van der Waals surface area contributed by atoms with Crippen molar-refractivity contribution in [3.8, 4) is 5.75 Å². The van der Waals surface area contributed by atoms with Crippen LogP contribution >= 0.6 is 0 Å². The van der Waals surface area contributed by atoms with Gasteiger partial charge in [-0.3, -0.25) is 4.98 Å². The second kappa shape index (κ2) is 6.27. The van der Waals surface area contributed by atoms with E-state index in [1.165, 1.54) is 6.42 Å². The number of hydrogen-bond donors (Lipinski definition) is 2. The van der Waals surface area contributed by atoms with Gasteiger partial charge in [0.05, 0.1) is 17.2 Å². The normalized spacial score (nSPS) is 19.6. The van der Waals surface area contributed by atoms with Gasteiger partial charge in [0.1, 0.15) is 11.4 Å². The number of pyridine rings is 1. The predicted molar refractivity (Wildman–Crippen MR) is 105 cm³/mol. The average molecular weight is 359 g/mol. The summed E-state index contributed by atoms with van der Waals surface area (Å²) < 4.78 is 6.26. The lowest BCUT2D eigenvalue weighted by Crippen LogP contribution is -2.50. The van der Waals surface area contributed by atoms with E-state index in [2.05, 4.69) is 15.6 Å². The van der Waals surface area contributed by atoms with Crippen LogP contribution in [-0.2, 0) is 0 Å². The van der Waals surface area contributed by atoms with Crippen molar-refractivity contribution in [2.45, 2.75) is 37.3 Å². The molecule has 1 aromatic heterocycles. The van der Waals surface area contributed by atoms with Crippen LogP contribution in [0.5, 0.6) is 5.75 Å². The summed E-state index contributed by atoms with van der Waals surface area (Å²) in [7, 11) is 0. The van der Waals surface area contributed by atoms with E-state index in [4.69, 9.17) is 4.74 Å². The van der Waals surface area contributed by atoms with Gasteiger partial charge < -0.3 is 15.4 Å². The van der Waals surface area contributed by atoms with Crippen LogP contribution in [0.4, 0.5) is 10.5 Å². The molecule has 1 aliphatic carbocycles. The van der Waals surface area contributed by atoms with Crippen molar-refractivity contribution in [3.05, 3.63) is 66.4 Å². The number of fused-ring (bicyclic) bond motifs is 2. The predicted octanol–water partition coefficient (Wildman–Crippen LogP) is 4.80. The molecule has 1 atom stereocenters. The van der Waals surface area contributed by atoms with Crippen LogP contribution < -0.4 is 15.4 Å². The topological polar surface area (TPSA) is 63.2 Å². The number of carbonyl (C=O) groups excluding carboxylic acids is 1. The minimum Gasteiger partial charge on any atom is -0.487 e. The molecule has 5 heteroatoms. The number of aromatic nitrogens is 1. The maximum atomic E-state index is 12.8. The number of nitrogens with one attached hydrogen (secondary N) is 2. The minimum atomic E-state index is -0.218. The molecule has 1 fully saturated rings. The first-order chi connectivity index (χ1) is 13.2. The van der Waals surface area contributed by atoms with E-state index in [1.807, 2.05) is 54.6 Å². The summed E-state index contributed by atoms with van der Waals surface area (Å²) in [5, 5.41) is 7.13. The quantitative estimate of drug-likeness (QED) is 0.691. The molecule has 1 aliphatic heterocycles. The third kappa shape index (κ3) is 2.89. The Labute approximate surface area is 157 Å². The Morgan fingerprint density at radius 1 is 1.07 bits per heavy atom. The largest absolute Gasteiger partial charge is 0.487 e. The molecular weight excluding hydrogens is 338 g/mol. The summed E-state index contributed by atoms with van der Waals surface area (Å²) in [4.78, 5) is 17.2. The lowest BCUT2D eigenvalue weighted by molar-refractivity contribution is -0.0354. The fourth-order valence-electron chi connectivity index (χ4n) is 4.15. The Morgan fingerprint density at radius 3 is 2.78 bits per heavy atom. The van der Waals surface area contributed by atoms with Crippen molar-refractivity contribution in [2.24, 2.45) is 0 Å². The molecule has 0 radical (unpaired) electrons. The van der Waals surface area contributed by atoms with Gasteiger partial charge in [0, 0.05) is 23.6 Å². The SMILES string of the molecule is O=C(Nc1cccc2cccnc12)NC1CC2(CCC2)Oc2ccccc21. The zero-order valence-corrected chi connectivity index (χ0v) is 14.9. The molecule has 5 nitrogen and oxygen atoms in total. The van der Waals surface area contributed by atoms with Crippen LogP contribution in [0.1, 0.15) is 37.3 Å². The zero-order valence-electron chi connectivity index (χ0n) is 14.9. The third-order valence-corrected chi connectivity index (χ3v) is 5.65. The van der Waals surface area contributed by atoms with Crippen molar-refractivity contribution in [3.63, 3.8) is 0 Å². The first-order valence-electron chi connectivity index (χ1n) is 9.42. The Balaban J connectivity index is 1.39. The number of para-hydroxylation sites is 2. The summed E-state index contributed by atoms with van der Waals surface area (Å²) in [5.41, 5.74) is 2.43. The summed E-state index contributed by atoms with van der Waals surface area (Å²) in [6.45, 7) is 0. The van der Waals surface area contributed by atoms with Crippen molar-refractivity contribution >= 4 is 22.6 Å². The highest BCUT2D eigenvalue weighted by molar-refractivity contribution is 5.99. The number of benzene rings is 2. The molecule has 1 spiro atoms. The highest BCUT2D eigenvalue weighted by Crippen LogP contribution is 2.48. The molecule has 2 aromatic carbocycles. The Hall–Kier alpha value is -3.08. The first kappa shape index (κ1) is 16.1. The average Bonchev–Trinajstić information content (AvgIpc) is 2.67. The van der Waals surface area contributed by atoms with Gasteiger partial charge in [0.25, 0.3) is 0 Å². The van der Waals surface area contributed by atoms with Gasteiger partial charge in [-0.25, -0.2) is 4.79 Å². The molecule has 27 heavy (non-hydrogen) atoms. The van der Waals surface area contributed by atoms with Gasteiger partial charge in [0.15, 0.2) is 0 Å². The maximum Gasteiger partial charge on any atom is 0.319 e. The van der Waals surface area contributed by atoms with Gasteiger partial charge in [0.2, 0.25) is 0 Å². The van der Waals surface area contributed by atoms with Crippen LogP contribution in [0.3, 0.4) is 0 Å². The molecular formula is C22H21N3O2. The van der Waals surface area contributed by atoms with E-state index < -0.39 is 0 Å². The Kier molecular flexibility index (Phi) is 3.74. The lowest BCUT2D eigenvalue weighted by Gasteiger charge is -2.48. The number of nitrogens with zero attached hydrogens (tertiary/aromatic N) is 1. The van der Waals surface area contributed by atoms with Gasteiger partial charge in [-0.05, 0) is 37.5 Å². The van der Waals surface area contributed by atoms with Crippen molar-refractivity contribution in [1.29, 1.82) is 0 Å². The van der Waals surface area contributed by atoms with Crippen LogP contribution in [0.25, 0.3) is 10.9 Å². The second-order valence-corrected chi connectivity index (χ2v) is 7.41. The summed E-state index contributed by atoms with van der Waals surface area (Å²) in [5.74, 6) is 0.889. The number of rotatable bonds is 2. The number of urea groups is 1. The molecule has 0 saturated heterocycles. The van der Waals surface area contributed by atoms with Gasteiger partial charge in [-0.1, -0.05) is 36.4 Å². The number of amides is 2. The number of anilines is 1. The molecule has 0 bridgehead atoms. The third-order valence-electron chi connectivity index (χ3n) is 5.65. The number of hydrogen-bond acceptors (Lipinski definition) is 3. The fraction of sp³-hybridized carbons (Fsp3) is 0.273. The van der Waals surface area contributed by atoms with E-state index in [0.717, 1.165) is 41.5 Å². The highest BCUT2D eigenvalue weighted by Gasteiger charge is 2.45. The minimum absolute atomic E-state index is 0.0572. The molecule has 1 unspecified atom stereocenters. The second-order valence-electron chi connectivity index (χ2n) is 7.41. The zero-order chi connectivity index (χ0) is 18.3. The smallest absolute Gasteiger partial charge is 0.319 e. The molecule has 3 aromatic rings. The van der Waals surface area contributed by atoms with Crippen molar-refractivity contribution < 1.29 is 9.53 Å². The lowest BCUT2D eigenvalue weighted by atomic mass is 9.73. The van der Waals surface area contributed by atoms with E-state index in [-0.39, 0.29) is 17.7 Å². The fourth-order valence-corrected chi connectivity index (χ4v) is 4.15. The molecule has 1 saturated carbocycles. The Bertz CT molecular complexity index is 1010. The van der Waals surface area contributed by atoms with Crippen molar-refractivity contribution in [1.82, 2.24) is 10.3 Å². The summed E-state index contributed by atoms with van der Waals surface area (Å²) >= 11 is 0. The molecule has 136 valence electrons. The van der Waals surface area contributed by atoms with Crippen LogP contribution in [0.2, 0.25) is 0 Å². The Morgan fingerprint density at radius 2 is 1.93 bits per heavy atom.